The molecule has 5 nitrogen and oxygen atoms in total. The van der Waals surface area contributed by atoms with Crippen molar-refractivity contribution in [3.63, 3.8) is 0 Å². The van der Waals surface area contributed by atoms with Gasteiger partial charge in [0, 0.05) is 12.2 Å². The number of hydrogen-bond donors (Lipinski definition) is 3. The van der Waals surface area contributed by atoms with Crippen LogP contribution in [0.4, 0.5) is 5.69 Å². The van der Waals surface area contributed by atoms with Gasteiger partial charge in [-0.05, 0) is 42.7 Å². The van der Waals surface area contributed by atoms with E-state index in [4.69, 9.17) is 4.74 Å². The van der Waals surface area contributed by atoms with Gasteiger partial charge in [-0.2, -0.15) is 0 Å². The maximum atomic E-state index is 12.0. The summed E-state index contributed by atoms with van der Waals surface area (Å²) in [7, 11) is 1.58. The van der Waals surface area contributed by atoms with Gasteiger partial charge in [0.15, 0.2) is 0 Å². The van der Waals surface area contributed by atoms with E-state index in [9.17, 15) is 9.90 Å². The number of amides is 1. The summed E-state index contributed by atoms with van der Waals surface area (Å²) in [5.41, 5.74) is 3.87. The highest BCUT2D eigenvalue weighted by atomic mass is 16.5. The highest BCUT2D eigenvalue weighted by molar-refractivity contribution is 5.81. The minimum atomic E-state index is -0.774. The largest absolute Gasteiger partial charge is 0.497 e. The van der Waals surface area contributed by atoms with E-state index >= 15 is 0 Å². The zero-order valence-electron chi connectivity index (χ0n) is 14.3. The Morgan fingerprint density at radius 1 is 1.17 bits per heavy atom. The molecule has 0 radical (unpaired) electrons. The molecular weight excluding hydrogens is 304 g/mol. The summed E-state index contributed by atoms with van der Waals surface area (Å²) in [5, 5.41) is 16.1. The lowest BCUT2D eigenvalue weighted by molar-refractivity contribution is -0.119. The van der Waals surface area contributed by atoms with Crippen LogP contribution in [0.1, 0.15) is 22.8 Å². The number of hydrogen-bond acceptors (Lipinski definition) is 4. The standard InChI is InChI=1S/C19H24N2O3/c1-13-6-4-7-14(2)19(13)21-12-18(23)20-11-17(22)15-8-5-9-16(10-15)24-3/h4-10,17,21-22H,11-12H2,1-3H3,(H,20,23). The number of anilines is 1. The predicted octanol–water partition coefficient (Wildman–Crippen LogP) is 2.57. The Kier molecular flexibility index (Phi) is 6.21. The third-order valence-corrected chi connectivity index (χ3v) is 3.88. The molecule has 0 bridgehead atoms. The molecule has 0 heterocycles. The van der Waals surface area contributed by atoms with Crippen LogP contribution in [-0.4, -0.2) is 31.2 Å². The van der Waals surface area contributed by atoms with E-state index in [-0.39, 0.29) is 19.0 Å². The van der Waals surface area contributed by atoms with Crippen molar-refractivity contribution in [3.05, 3.63) is 59.2 Å². The summed E-state index contributed by atoms with van der Waals surface area (Å²) in [6.45, 7) is 4.32. The zero-order valence-corrected chi connectivity index (χ0v) is 14.3. The van der Waals surface area contributed by atoms with Gasteiger partial charge in [-0.1, -0.05) is 30.3 Å². The number of para-hydroxylation sites is 1. The van der Waals surface area contributed by atoms with Crippen molar-refractivity contribution >= 4 is 11.6 Å². The molecule has 1 atom stereocenters. The first kappa shape index (κ1) is 17.8. The topological polar surface area (TPSA) is 70.6 Å². The third kappa shape index (κ3) is 4.73. The molecule has 5 heteroatoms. The molecule has 0 aliphatic heterocycles. The number of rotatable bonds is 7. The molecule has 0 spiro atoms. The van der Waals surface area contributed by atoms with Crippen molar-refractivity contribution in [2.75, 3.05) is 25.5 Å². The van der Waals surface area contributed by atoms with Gasteiger partial charge in [-0.15, -0.1) is 0 Å². The summed E-state index contributed by atoms with van der Waals surface area (Å²) in [5.74, 6) is 0.508. The van der Waals surface area contributed by atoms with Crippen LogP contribution in [0, 0.1) is 13.8 Å². The molecule has 24 heavy (non-hydrogen) atoms. The maximum Gasteiger partial charge on any atom is 0.239 e. The van der Waals surface area contributed by atoms with E-state index < -0.39 is 6.10 Å². The third-order valence-electron chi connectivity index (χ3n) is 3.88. The lowest BCUT2D eigenvalue weighted by Crippen LogP contribution is -2.33. The predicted molar refractivity (Wildman–Crippen MR) is 95.4 cm³/mol. The van der Waals surface area contributed by atoms with E-state index in [0.717, 1.165) is 16.8 Å². The van der Waals surface area contributed by atoms with Gasteiger partial charge in [-0.3, -0.25) is 4.79 Å². The van der Waals surface area contributed by atoms with E-state index in [1.807, 2.05) is 44.2 Å². The van der Waals surface area contributed by atoms with Crippen molar-refractivity contribution in [3.8, 4) is 5.75 Å². The molecule has 0 aliphatic carbocycles. The SMILES string of the molecule is COc1cccc(C(O)CNC(=O)CNc2c(C)cccc2C)c1. The summed E-state index contributed by atoms with van der Waals surface area (Å²) < 4.78 is 5.13. The Morgan fingerprint density at radius 3 is 2.50 bits per heavy atom. The summed E-state index contributed by atoms with van der Waals surface area (Å²) in [6.07, 6.45) is -0.774. The minimum absolute atomic E-state index is 0.153. The van der Waals surface area contributed by atoms with Crippen molar-refractivity contribution in [2.24, 2.45) is 0 Å². The first-order valence-corrected chi connectivity index (χ1v) is 7.90. The van der Waals surface area contributed by atoms with Crippen LogP contribution in [-0.2, 0) is 4.79 Å². The van der Waals surface area contributed by atoms with Crippen LogP contribution in [0.5, 0.6) is 5.75 Å². The fourth-order valence-electron chi connectivity index (χ4n) is 2.50. The number of carbonyl (C=O) groups is 1. The normalized spacial score (nSPS) is 11.7. The zero-order chi connectivity index (χ0) is 17.5. The van der Waals surface area contributed by atoms with Crippen molar-refractivity contribution < 1.29 is 14.6 Å². The molecule has 2 aromatic rings. The number of methoxy groups -OCH3 is 1. The molecule has 0 fully saturated rings. The van der Waals surface area contributed by atoms with Crippen molar-refractivity contribution in [1.29, 1.82) is 0 Å². The van der Waals surface area contributed by atoms with E-state index in [1.165, 1.54) is 0 Å². The molecule has 0 saturated carbocycles. The molecule has 2 rings (SSSR count). The van der Waals surface area contributed by atoms with Crippen LogP contribution in [0.15, 0.2) is 42.5 Å². The van der Waals surface area contributed by atoms with Crippen molar-refractivity contribution in [1.82, 2.24) is 5.32 Å². The number of aliphatic hydroxyl groups is 1. The second-order valence-corrected chi connectivity index (χ2v) is 5.72. The second kappa shape index (κ2) is 8.36. The molecule has 3 N–H and O–H groups in total. The quantitative estimate of drug-likeness (QED) is 0.730. The summed E-state index contributed by atoms with van der Waals surface area (Å²) >= 11 is 0. The highest BCUT2D eigenvalue weighted by Crippen LogP contribution is 2.19. The lowest BCUT2D eigenvalue weighted by atomic mass is 10.1. The van der Waals surface area contributed by atoms with Crippen molar-refractivity contribution in [2.45, 2.75) is 20.0 Å². The van der Waals surface area contributed by atoms with Crippen LogP contribution in [0.3, 0.4) is 0 Å². The summed E-state index contributed by atoms with van der Waals surface area (Å²) in [4.78, 5) is 12.0. The smallest absolute Gasteiger partial charge is 0.239 e. The highest BCUT2D eigenvalue weighted by Gasteiger charge is 2.11. The first-order valence-electron chi connectivity index (χ1n) is 7.90. The number of aryl methyl sites for hydroxylation is 2. The Labute approximate surface area is 142 Å². The van der Waals surface area contributed by atoms with Crippen LogP contribution in [0.2, 0.25) is 0 Å². The average molecular weight is 328 g/mol. The fraction of sp³-hybridized carbons (Fsp3) is 0.316. The Morgan fingerprint density at radius 2 is 1.83 bits per heavy atom. The molecule has 1 amide bonds. The van der Waals surface area contributed by atoms with Gasteiger partial charge in [0.2, 0.25) is 5.91 Å². The second-order valence-electron chi connectivity index (χ2n) is 5.72. The molecule has 0 saturated heterocycles. The van der Waals surface area contributed by atoms with Gasteiger partial charge in [0.25, 0.3) is 0 Å². The van der Waals surface area contributed by atoms with Crippen LogP contribution < -0.4 is 15.4 Å². The monoisotopic (exact) mass is 328 g/mol. The Hall–Kier alpha value is -2.53. The summed E-state index contributed by atoms with van der Waals surface area (Å²) in [6, 6.07) is 13.2. The van der Waals surface area contributed by atoms with Crippen LogP contribution >= 0.6 is 0 Å². The molecule has 128 valence electrons. The van der Waals surface area contributed by atoms with Gasteiger partial charge in [0.1, 0.15) is 5.75 Å². The Bertz CT molecular complexity index is 681. The lowest BCUT2D eigenvalue weighted by Gasteiger charge is -2.15. The number of nitrogens with one attached hydrogen (secondary N) is 2. The van der Waals surface area contributed by atoms with Gasteiger partial charge in [0.05, 0.1) is 19.8 Å². The van der Waals surface area contributed by atoms with E-state index in [0.29, 0.717) is 11.3 Å². The Balaban J connectivity index is 1.84. The number of ether oxygens (including phenoxy) is 1. The number of aliphatic hydroxyl groups excluding tert-OH is 1. The number of carbonyl (C=O) groups excluding carboxylic acids is 1. The number of benzene rings is 2. The molecule has 0 aromatic heterocycles. The molecule has 0 aliphatic rings. The van der Waals surface area contributed by atoms with Gasteiger partial charge >= 0.3 is 0 Å². The average Bonchev–Trinajstić information content (AvgIpc) is 2.59. The maximum absolute atomic E-state index is 12.0. The van der Waals surface area contributed by atoms with E-state index in [2.05, 4.69) is 10.6 Å². The first-order chi connectivity index (χ1) is 11.5. The van der Waals surface area contributed by atoms with E-state index in [1.54, 1.807) is 19.2 Å². The van der Waals surface area contributed by atoms with Crippen LogP contribution in [0.25, 0.3) is 0 Å². The minimum Gasteiger partial charge on any atom is -0.497 e. The molecule has 1 unspecified atom stereocenters. The fourth-order valence-corrected chi connectivity index (χ4v) is 2.50. The molecule has 2 aromatic carbocycles. The molecular formula is C19H24N2O3. The van der Waals surface area contributed by atoms with Gasteiger partial charge < -0.3 is 20.5 Å². The van der Waals surface area contributed by atoms with Gasteiger partial charge in [-0.25, -0.2) is 0 Å².